The van der Waals surface area contributed by atoms with Crippen molar-refractivity contribution in [2.24, 2.45) is 5.73 Å². The molecular weight excluding hydrogens is 366 g/mol. The summed E-state index contributed by atoms with van der Waals surface area (Å²) in [4.78, 5) is 57.7. The van der Waals surface area contributed by atoms with Crippen LogP contribution in [0.5, 0.6) is 0 Å². The number of nitrogens with one attached hydrogen (secondary N) is 2. The second-order valence-electron chi connectivity index (χ2n) is 4.98. The van der Waals surface area contributed by atoms with Crippen LogP contribution >= 0.6 is 11.3 Å². The van der Waals surface area contributed by atoms with E-state index in [1.54, 1.807) is 12.1 Å². The molecule has 0 saturated heterocycles. The lowest BCUT2D eigenvalue weighted by molar-refractivity contribution is -0.385. The molecule has 2 aromatic heterocycles. The van der Waals surface area contributed by atoms with Crippen molar-refractivity contribution >= 4 is 34.9 Å². The third kappa shape index (κ3) is 4.73. The van der Waals surface area contributed by atoms with E-state index in [0.29, 0.717) is 4.57 Å². The zero-order valence-corrected chi connectivity index (χ0v) is 13.9. The number of nitro groups is 1. The van der Waals surface area contributed by atoms with Crippen molar-refractivity contribution in [1.29, 1.82) is 0 Å². The molecule has 0 bridgehead atoms. The Hall–Kier alpha value is -3.54. The Morgan fingerprint density at radius 3 is 2.65 bits per heavy atom. The molecular formula is C14H13N5O6S. The maximum atomic E-state index is 12.0. The van der Waals surface area contributed by atoms with Crippen molar-refractivity contribution < 1.29 is 19.3 Å². The molecule has 0 radical (unpaired) electrons. The highest BCUT2D eigenvalue weighted by Gasteiger charge is 2.19. The Bertz CT molecular complexity index is 920. The quantitative estimate of drug-likeness (QED) is 0.469. The largest absolute Gasteiger partial charge is 0.365 e. The van der Waals surface area contributed by atoms with Crippen LogP contribution in [0.1, 0.15) is 15.2 Å². The number of aromatic nitrogens is 1. The Labute approximate surface area is 149 Å². The summed E-state index contributed by atoms with van der Waals surface area (Å²) >= 11 is 1.42. The van der Waals surface area contributed by atoms with Gasteiger partial charge in [0.2, 0.25) is 5.91 Å². The molecule has 0 aliphatic rings. The fourth-order valence-corrected chi connectivity index (χ4v) is 2.60. The molecule has 11 nitrogen and oxygen atoms in total. The maximum absolute atomic E-state index is 12.0. The predicted octanol–water partition coefficient (Wildman–Crippen LogP) is -0.0571. The fourth-order valence-electron chi connectivity index (χ4n) is 1.96. The average molecular weight is 379 g/mol. The molecule has 4 amide bonds. The van der Waals surface area contributed by atoms with Crippen LogP contribution < -0.4 is 21.9 Å². The van der Waals surface area contributed by atoms with E-state index in [4.69, 9.17) is 5.73 Å². The highest BCUT2D eigenvalue weighted by molar-refractivity contribution is 7.09. The first-order chi connectivity index (χ1) is 12.3. The molecule has 2 heterocycles. The van der Waals surface area contributed by atoms with Gasteiger partial charge in [-0.05, 0) is 11.4 Å². The highest BCUT2D eigenvalue weighted by Crippen LogP contribution is 2.10. The van der Waals surface area contributed by atoms with Gasteiger partial charge >= 0.3 is 6.03 Å². The minimum absolute atomic E-state index is 0.208. The van der Waals surface area contributed by atoms with Gasteiger partial charge in [-0.25, -0.2) is 4.79 Å². The minimum Gasteiger partial charge on any atom is -0.365 e. The monoisotopic (exact) mass is 379 g/mol. The van der Waals surface area contributed by atoms with Gasteiger partial charge in [0.1, 0.15) is 12.1 Å². The van der Waals surface area contributed by atoms with Gasteiger partial charge in [0.05, 0.1) is 17.7 Å². The number of nitrogens with zero attached hydrogens (tertiary/aromatic N) is 2. The van der Waals surface area contributed by atoms with Gasteiger partial charge < -0.3 is 11.1 Å². The number of carbonyl (C=O) groups excluding carboxylic acids is 3. The van der Waals surface area contributed by atoms with E-state index >= 15 is 0 Å². The summed E-state index contributed by atoms with van der Waals surface area (Å²) < 4.78 is 0.639. The molecule has 0 aromatic carbocycles. The van der Waals surface area contributed by atoms with Crippen LogP contribution in [0.3, 0.4) is 0 Å². The average Bonchev–Trinajstić information content (AvgIpc) is 3.07. The number of thiophene rings is 1. The van der Waals surface area contributed by atoms with Gasteiger partial charge in [-0.2, -0.15) is 0 Å². The van der Waals surface area contributed by atoms with Crippen molar-refractivity contribution in [2.75, 3.05) is 0 Å². The number of nitrogens with two attached hydrogens (primary N) is 1. The normalized spacial score (nSPS) is 10.2. The van der Waals surface area contributed by atoms with Crippen LogP contribution in [-0.2, 0) is 17.9 Å². The van der Waals surface area contributed by atoms with E-state index < -0.39 is 46.1 Å². The molecule has 12 heteroatoms. The zero-order chi connectivity index (χ0) is 19.3. The number of imide groups is 1. The van der Waals surface area contributed by atoms with Crippen molar-refractivity contribution in [3.05, 3.63) is 60.7 Å². The minimum atomic E-state index is -1.17. The molecule has 2 aromatic rings. The third-order valence-electron chi connectivity index (χ3n) is 3.12. The number of amides is 4. The Morgan fingerprint density at radius 2 is 2.08 bits per heavy atom. The van der Waals surface area contributed by atoms with E-state index in [0.717, 1.165) is 17.1 Å². The summed E-state index contributed by atoms with van der Waals surface area (Å²) in [7, 11) is 0. The number of urea groups is 1. The van der Waals surface area contributed by atoms with Crippen LogP contribution in [0.15, 0.2) is 34.6 Å². The molecule has 0 saturated carbocycles. The number of primary amides is 1. The summed E-state index contributed by atoms with van der Waals surface area (Å²) in [5, 5.41) is 17.1. The fraction of sp³-hybridized carbons (Fsp3) is 0.143. The molecule has 0 spiro atoms. The summed E-state index contributed by atoms with van der Waals surface area (Å²) in [5.74, 6) is -2.06. The van der Waals surface area contributed by atoms with Crippen molar-refractivity contribution in [1.82, 2.24) is 15.2 Å². The van der Waals surface area contributed by atoms with E-state index in [1.807, 2.05) is 10.7 Å². The summed E-state index contributed by atoms with van der Waals surface area (Å²) in [6.07, 6.45) is 0.790. The summed E-state index contributed by atoms with van der Waals surface area (Å²) in [5.41, 5.74) is 2.82. The number of rotatable bonds is 6. The second-order valence-corrected chi connectivity index (χ2v) is 6.01. The van der Waals surface area contributed by atoms with Gasteiger partial charge in [-0.15, -0.1) is 11.3 Å². The van der Waals surface area contributed by atoms with Crippen LogP contribution in [0.2, 0.25) is 0 Å². The summed E-state index contributed by atoms with van der Waals surface area (Å²) in [6.45, 7) is -0.493. The van der Waals surface area contributed by atoms with Crippen molar-refractivity contribution in [3.63, 3.8) is 0 Å². The molecule has 136 valence electrons. The Balaban J connectivity index is 2.08. The lowest BCUT2D eigenvalue weighted by Gasteiger charge is -2.08. The molecule has 2 rings (SSSR count). The van der Waals surface area contributed by atoms with E-state index in [1.165, 1.54) is 11.3 Å². The highest BCUT2D eigenvalue weighted by atomic mass is 32.1. The standard InChI is InChI=1S/C14H13N5O6S/c15-12(21)10-4-8(19(24)25)6-18(13(10)22)7-11(20)17-14(23)16-5-9-2-1-3-26-9/h1-4,6H,5,7H2,(H2,15,21)(H2,16,17,20,23). The number of carbonyl (C=O) groups is 3. The van der Waals surface area contributed by atoms with E-state index in [9.17, 15) is 29.3 Å². The zero-order valence-electron chi connectivity index (χ0n) is 13.1. The molecule has 0 unspecified atom stereocenters. The number of pyridine rings is 1. The first-order valence-electron chi connectivity index (χ1n) is 7.06. The van der Waals surface area contributed by atoms with Gasteiger partial charge in [0, 0.05) is 10.9 Å². The number of hydrogen-bond acceptors (Lipinski definition) is 7. The van der Waals surface area contributed by atoms with Crippen LogP contribution in [0, 0.1) is 10.1 Å². The van der Waals surface area contributed by atoms with Gasteiger partial charge in [-0.3, -0.25) is 34.4 Å². The molecule has 0 fully saturated rings. The topological polar surface area (TPSA) is 166 Å². The van der Waals surface area contributed by atoms with Crippen LogP contribution in [0.25, 0.3) is 0 Å². The molecule has 0 aliphatic heterocycles. The molecule has 0 aliphatic carbocycles. The van der Waals surface area contributed by atoms with Gasteiger partial charge in [0.25, 0.3) is 17.2 Å². The van der Waals surface area contributed by atoms with E-state index in [2.05, 4.69) is 5.32 Å². The Kier molecular flexibility index (Phi) is 5.80. The maximum Gasteiger partial charge on any atom is 0.321 e. The lowest BCUT2D eigenvalue weighted by Crippen LogP contribution is -2.42. The first kappa shape index (κ1) is 18.8. The van der Waals surface area contributed by atoms with Gasteiger partial charge in [-0.1, -0.05) is 6.07 Å². The third-order valence-corrected chi connectivity index (χ3v) is 3.99. The van der Waals surface area contributed by atoms with Crippen LogP contribution in [-0.4, -0.2) is 27.3 Å². The second kappa shape index (κ2) is 8.02. The van der Waals surface area contributed by atoms with Gasteiger partial charge in [0.15, 0.2) is 0 Å². The Morgan fingerprint density at radius 1 is 1.35 bits per heavy atom. The number of hydrogen-bond donors (Lipinski definition) is 3. The predicted molar refractivity (Wildman–Crippen MR) is 90.6 cm³/mol. The van der Waals surface area contributed by atoms with Crippen LogP contribution in [0.4, 0.5) is 10.5 Å². The lowest BCUT2D eigenvalue weighted by atomic mass is 10.2. The molecule has 26 heavy (non-hydrogen) atoms. The summed E-state index contributed by atoms with van der Waals surface area (Å²) in [6, 6.07) is 3.53. The van der Waals surface area contributed by atoms with Crippen molar-refractivity contribution in [2.45, 2.75) is 13.1 Å². The molecule has 0 atom stereocenters. The SMILES string of the molecule is NC(=O)c1cc([N+](=O)[O-])cn(CC(=O)NC(=O)NCc2cccs2)c1=O. The van der Waals surface area contributed by atoms with E-state index in [-0.39, 0.29) is 6.54 Å². The first-order valence-corrected chi connectivity index (χ1v) is 7.94. The molecule has 4 N–H and O–H groups in total. The smallest absolute Gasteiger partial charge is 0.321 e. The van der Waals surface area contributed by atoms with Crippen molar-refractivity contribution in [3.8, 4) is 0 Å².